The summed E-state index contributed by atoms with van der Waals surface area (Å²) >= 11 is 6.52. The Labute approximate surface area is 178 Å². The zero-order valence-corrected chi connectivity index (χ0v) is 17.7. The fraction of sp³-hybridized carbons (Fsp3) is 0.238. The molecule has 3 aromatic rings. The minimum Gasteiger partial charge on any atom is -0.486 e. The topological polar surface area (TPSA) is 81.1 Å². The lowest BCUT2D eigenvalue weighted by Gasteiger charge is -2.23. The first kappa shape index (κ1) is 19.1. The first-order chi connectivity index (χ1) is 14.4. The molecule has 1 unspecified atom stereocenters. The maximum Gasteiger partial charge on any atom is 0.247 e. The maximum absolute atomic E-state index is 12.5. The van der Waals surface area contributed by atoms with Crippen molar-refractivity contribution < 1.29 is 17.9 Å². The molecular formula is C21H18ClN3O4S. The van der Waals surface area contributed by atoms with Crippen molar-refractivity contribution in [3.63, 3.8) is 0 Å². The molecule has 5 rings (SSSR count). The van der Waals surface area contributed by atoms with Crippen molar-refractivity contribution in [2.45, 2.75) is 12.5 Å². The molecule has 2 aliphatic heterocycles. The number of hydrogen-bond acceptors (Lipinski definition) is 6. The highest BCUT2D eigenvalue weighted by atomic mass is 35.5. The smallest absolute Gasteiger partial charge is 0.247 e. The molecule has 2 aliphatic rings. The number of halogens is 1. The predicted molar refractivity (Wildman–Crippen MR) is 115 cm³/mol. The quantitative estimate of drug-likeness (QED) is 0.575. The van der Waals surface area contributed by atoms with Gasteiger partial charge in [0.05, 0.1) is 23.5 Å². The van der Waals surface area contributed by atoms with Gasteiger partial charge >= 0.3 is 0 Å². The van der Waals surface area contributed by atoms with Gasteiger partial charge in [0.2, 0.25) is 10.0 Å². The van der Waals surface area contributed by atoms with Crippen LogP contribution in [0.2, 0.25) is 5.15 Å². The molecule has 2 aromatic carbocycles. The van der Waals surface area contributed by atoms with Crippen molar-refractivity contribution in [1.29, 1.82) is 0 Å². The summed E-state index contributed by atoms with van der Waals surface area (Å²) in [6.07, 6.45) is 1.54. The Morgan fingerprint density at radius 1 is 1.07 bits per heavy atom. The van der Waals surface area contributed by atoms with E-state index in [9.17, 15) is 8.42 Å². The van der Waals surface area contributed by atoms with E-state index in [0.717, 1.165) is 21.6 Å². The zero-order valence-electron chi connectivity index (χ0n) is 16.1. The fourth-order valence-corrected chi connectivity index (χ4v) is 4.94. The summed E-state index contributed by atoms with van der Waals surface area (Å²) in [7, 11) is -3.61. The second kappa shape index (κ2) is 7.14. The summed E-state index contributed by atoms with van der Waals surface area (Å²) in [5.74, 6) is 1.26. The number of fused-ring (bicyclic) bond motifs is 2. The summed E-state index contributed by atoms with van der Waals surface area (Å²) in [6.45, 7) is 0.959. The van der Waals surface area contributed by atoms with Crippen LogP contribution >= 0.6 is 11.6 Å². The number of hydrogen-bond donors (Lipinski definition) is 0. The van der Waals surface area contributed by atoms with Crippen molar-refractivity contribution >= 4 is 38.2 Å². The highest BCUT2D eigenvalue weighted by molar-refractivity contribution is 7.88. The van der Waals surface area contributed by atoms with Crippen molar-refractivity contribution in [1.82, 2.24) is 9.40 Å². The Morgan fingerprint density at radius 3 is 2.47 bits per heavy atom. The van der Waals surface area contributed by atoms with Gasteiger partial charge in [0.25, 0.3) is 0 Å². The second-order valence-corrected chi connectivity index (χ2v) is 9.42. The standard InChI is InChI=1S/C21H18ClN3O4S/c1-30(26,27)25-18(11-17(24-25)13-5-3-2-4-6-13)15-9-14-10-19-20(29-8-7-28-19)12-16(14)23-21(15)22/h2-6,9-10,12,18H,7-8,11H2,1H3. The number of pyridine rings is 1. The minimum absolute atomic E-state index is 0.238. The Bertz CT molecular complexity index is 1280. The minimum atomic E-state index is -3.61. The lowest BCUT2D eigenvalue weighted by Crippen LogP contribution is -2.26. The van der Waals surface area contributed by atoms with Gasteiger partial charge < -0.3 is 9.47 Å². The Balaban J connectivity index is 1.60. The highest BCUT2D eigenvalue weighted by Gasteiger charge is 2.36. The summed E-state index contributed by atoms with van der Waals surface area (Å²) in [5, 5.41) is 5.44. The lowest BCUT2D eigenvalue weighted by molar-refractivity contribution is 0.172. The Kier molecular flexibility index (Phi) is 4.56. The number of rotatable bonds is 3. The number of aromatic nitrogens is 1. The summed E-state index contributed by atoms with van der Waals surface area (Å²) in [4.78, 5) is 4.50. The van der Waals surface area contributed by atoms with Gasteiger partial charge in [0.15, 0.2) is 11.5 Å². The number of ether oxygens (including phenoxy) is 2. The van der Waals surface area contributed by atoms with E-state index in [4.69, 9.17) is 21.1 Å². The van der Waals surface area contributed by atoms with Crippen LogP contribution in [0.25, 0.3) is 10.9 Å². The largest absolute Gasteiger partial charge is 0.486 e. The van der Waals surface area contributed by atoms with Crippen molar-refractivity contribution in [3.8, 4) is 11.5 Å². The predicted octanol–water partition coefficient (Wildman–Crippen LogP) is 3.77. The van der Waals surface area contributed by atoms with Crippen LogP contribution in [0.1, 0.15) is 23.6 Å². The van der Waals surface area contributed by atoms with Crippen LogP contribution in [0.4, 0.5) is 0 Å². The van der Waals surface area contributed by atoms with Crippen molar-refractivity contribution in [3.05, 3.63) is 64.8 Å². The summed E-state index contributed by atoms with van der Waals surface area (Å²) in [5.41, 5.74) is 2.81. The molecule has 9 heteroatoms. The molecule has 7 nitrogen and oxygen atoms in total. The Hall–Kier alpha value is -2.84. The molecule has 0 bridgehead atoms. The maximum atomic E-state index is 12.5. The van der Waals surface area contributed by atoms with Crippen LogP contribution in [-0.4, -0.2) is 43.0 Å². The molecule has 1 atom stereocenters. The summed E-state index contributed by atoms with van der Waals surface area (Å²) < 4.78 is 37.4. The van der Waals surface area contributed by atoms with E-state index in [1.165, 1.54) is 0 Å². The Morgan fingerprint density at radius 2 is 1.77 bits per heavy atom. The van der Waals surface area contributed by atoms with Gasteiger partial charge in [-0.1, -0.05) is 41.9 Å². The molecule has 0 saturated carbocycles. The fourth-order valence-electron chi connectivity index (χ4n) is 3.77. The molecule has 0 amide bonds. The number of nitrogens with zero attached hydrogens (tertiary/aromatic N) is 3. The van der Waals surface area contributed by atoms with E-state index in [2.05, 4.69) is 10.1 Å². The SMILES string of the molecule is CS(=O)(=O)N1N=C(c2ccccc2)CC1c1cc2cc3c(cc2nc1Cl)OCCO3. The van der Waals surface area contributed by atoms with E-state index in [1.54, 1.807) is 6.07 Å². The normalized spacial score (nSPS) is 18.5. The third-order valence-electron chi connectivity index (χ3n) is 5.14. The average molecular weight is 444 g/mol. The first-order valence-electron chi connectivity index (χ1n) is 9.42. The van der Waals surface area contributed by atoms with Crippen LogP contribution in [0.15, 0.2) is 53.6 Å². The first-order valence-corrected chi connectivity index (χ1v) is 11.6. The molecule has 30 heavy (non-hydrogen) atoms. The van der Waals surface area contributed by atoms with Gasteiger partial charge in [0, 0.05) is 23.4 Å². The number of hydrazone groups is 1. The van der Waals surface area contributed by atoms with Gasteiger partial charge in [-0.15, -0.1) is 0 Å². The van der Waals surface area contributed by atoms with E-state index in [1.807, 2.05) is 42.5 Å². The van der Waals surface area contributed by atoms with Crippen LogP contribution in [0.5, 0.6) is 11.5 Å². The van der Waals surface area contributed by atoms with Crippen LogP contribution < -0.4 is 9.47 Å². The number of benzene rings is 2. The molecule has 0 spiro atoms. The zero-order chi connectivity index (χ0) is 20.9. The monoisotopic (exact) mass is 443 g/mol. The molecule has 1 aromatic heterocycles. The number of sulfonamides is 1. The molecule has 3 heterocycles. The molecule has 0 N–H and O–H groups in total. The van der Waals surface area contributed by atoms with Crippen LogP contribution in [0, 0.1) is 0 Å². The molecule has 0 fully saturated rings. The third-order valence-corrected chi connectivity index (χ3v) is 6.46. The molecule has 0 radical (unpaired) electrons. The second-order valence-electron chi connectivity index (χ2n) is 7.23. The average Bonchev–Trinajstić information content (AvgIpc) is 3.18. The molecule has 154 valence electrons. The van der Waals surface area contributed by atoms with Gasteiger partial charge in [-0.25, -0.2) is 13.4 Å². The van der Waals surface area contributed by atoms with E-state index in [-0.39, 0.29) is 5.15 Å². The molecule has 0 saturated heterocycles. The van der Waals surface area contributed by atoms with Crippen LogP contribution in [-0.2, 0) is 10.0 Å². The molecular weight excluding hydrogens is 426 g/mol. The third kappa shape index (κ3) is 3.36. The van der Waals surface area contributed by atoms with Gasteiger partial charge in [-0.05, 0) is 17.7 Å². The van der Waals surface area contributed by atoms with E-state index < -0.39 is 16.1 Å². The van der Waals surface area contributed by atoms with E-state index >= 15 is 0 Å². The van der Waals surface area contributed by atoms with Gasteiger partial charge in [0.1, 0.15) is 18.4 Å². The van der Waals surface area contributed by atoms with Gasteiger partial charge in [-0.2, -0.15) is 9.52 Å². The van der Waals surface area contributed by atoms with Crippen molar-refractivity contribution in [2.24, 2.45) is 5.10 Å². The van der Waals surface area contributed by atoms with E-state index in [0.29, 0.717) is 47.9 Å². The van der Waals surface area contributed by atoms with Crippen LogP contribution in [0.3, 0.4) is 0 Å². The highest BCUT2D eigenvalue weighted by Crippen LogP contribution is 2.40. The van der Waals surface area contributed by atoms with Gasteiger partial charge in [-0.3, -0.25) is 0 Å². The lowest BCUT2D eigenvalue weighted by atomic mass is 9.99. The molecule has 0 aliphatic carbocycles. The summed E-state index contributed by atoms with van der Waals surface area (Å²) in [6, 6.07) is 14.4. The van der Waals surface area contributed by atoms with Crippen molar-refractivity contribution in [2.75, 3.05) is 19.5 Å².